The van der Waals surface area contributed by atoms with E-state index >= 15 is 0 Å². The normalized spacial score (nSPS) is 25.2. The molecule has 66 valence electrons. The molecule has 1 aromatic heterocycles. The highest BCUT2D eigenvalue weighted by atomic mass is 32.2. The molecule has 2 rings (SSSR count). The van der Waals surface area contributed by atoms with E-state index in [1.54, 1.807) is 4.88 Å². The van der Waals surface area contributed by atoms with Crippen molar-refractivity contribution in [2.45, 2.75) is 11.7 Å². The van der Waals surface area contributed by atoms with Crippen LogP contribution in [0, 0.1) is 0 Å². The van der Waals surface area contributed by atoms with Crippen LogP contribution in [0.25, 0.3) is 0 Å². The van der Waals surface area contributed by atoms with E-state index in [9.17, 15) is 0 Å². The van der Waals surface area contributed by atoms with Gasteiger partial charge in [0.05, 0.1) is 0 Å². The van der Waals surface area contributed by atoms with Gasteiger partial charge in [-0.25, -0.2) is 0 Å². The van der Waals surface area contributed by atoms with Crippen LogP contribution in [0.1, 0.15) is 16.5 Å². The van der Waals surface area contributed by atoms with Crippen molar-refractivity contribution in [1.82, 2.24) is 5.32 Å². The quantitative estimate of drug-likeness (QED) is 0.746. The summed E-state index contributed by atoms with van der Waals surface area (Å²) in [5.74, 6) is 1.25. The fourth-order valence-electron chi connectivity index (χ4n) is 1.41. The van der Waals surface area contributed by atoms with Crippen molar-refractivity contribution in [1.29, 1.82) is 0 Å². The molecule has 1 aromatic rings. The molecule has 3 heteroatoms. The van der Waals surface area contributed by atoms with Crippen molar-refractivity contribution in [2.75, 3.05) is 18.8 Å². The third-order valence-corrected chi connectivity index (χ3v) is 4.51. The maximum absolute atomic E-state index is 3.42. The first kappa shape index (κ1) is 8.60. The Labute approximate surface area is 81.6 Å². The zero-order chi connectivity index (χ0) is 8.23. The van der Waals surface area contributed by atoms with Crippen LogP contribution in [-0.4, -0.2) is 18.8 Å². The highest BCUT2D eigenvalue weighted by Gasteiger charge is 2.14. The van der Waals surface area contributed by atoms with Gasteiger partial charge in [-0.1, -0.05) is 6.07 Å². The van der Waals surface area contributed by atoms with Gasteiger partial charge in [0.15, 0.2) is 0 Å². The molecule has 0 saturated carbocycles. The van der Waals surface area contributed by atoms with Gasteiger partial charge in [0.25, 0.3) is 0 Å². The largest absolute Gasteiger partial charge is 0.316 e. The van der Waals surface area contributed by atoms with Crippen LogP contribution in [0.3, 0.4) is 0 Å². The van der Waals surface area contributed by atoms with Crippen LogP contribution in [0.15, 0.2) is 17.5 Å². The van der Waals surface area contributed by atoms with Crippen molar-refractivity contribution in [3.63, 3.8) is 0 Å². The monoisotopic (exact) mass is 199 g/mol. The third kappa shape index (κ3) is 2.03. The summed E-state index contributed by atoms with van der Waals surface area (Å²) < 4.78 is 0. The Kier molecular flexibility index (Phi) is 3.08. The Morgan fingerprint density at radius 2 is 2.42 bits per heavy atom. The Balaban J connectivity index is 2.02. The molecule has 1 N–H and O–H groups in total. The number of hydrogen-bond acceptors (Lipinski definition) is 3. The van der Waals surface area contributed by atoms with Gasteiger partial charge in [-0.2, -0.15) is 11.8 Å². The summed E-state index contributed by atoms with van der Waals surface area (Å²) in [5, 5.41) is 6.35. The molecule has 0 aliphatic carbocycles. The van der Waals surface area contributed by atoms with Crippen molar-refractivity contribution < 1.29 is 0 Å². The topological polar surface area (TPSA) is 12.0 Å². The zero-order valence-electron chi connectivity index (χ0n) is 6.95. The lowest BCUT2D eigenvalue weighted by molar-refractivity contribution is 0.690. The van der Waals surface area contributed by atoms with Crippen LogP contribution in [0.5, 0.6) is 0 Å². The number of nitrogens with one attached hydrogen (secondary N) is 1. The van der Waals surface area contributed by atoms with E-state index in [2.05, 4.69) is 34.6 Å². The van der Waals surface area contributed by atoms with Crippen molar-refractivity contribution >= 4 is 23.1 Å². The summed E-state index contributed by atoms with van der Waals surface area (Å²) >= 11 is 3.98. The van der Waals surface area contributed by atoms with E-state index in [1.165, 1.54) is 25.3 Å². The van der Waals surface area contributed by atoms with Crippen LogP contribution in [0.2, 0.25) is 0 Å². The minimum absolute atomic E-state index is 0.750. The van der Waals surface area contributed by atoms with Crippen molar-refractivity contribution in [2.24, 2.45) is 0 Å². The van der Waals surface area contributed by atoms with Crippen LogP contribution in [0.4, 0.5) is 0 Å². The van der Waals surface area contributed by atoms with E-state index in [0.717, 1.165) is 5.25 Å². The van der Waals surface area contributed by atoms with Crippen LogP contribution in [-0.2, 0) is 0 Å². The number of hydrogen-bond donors (Lipinski definition) is 1. The Morgan fingerprint density at radius 1 is 1.42 bits per heavy atom. The summed E-state index contributed by atoms with van der Waals surface area (Å²) in [6.45, 7) is 2.35. The first-order valence-corrected chi connectivity index (χ1v) is 6.25. The molecule has 1 nitrogen and oxygen atoms in total. The second-order valence-electron chi connectivity index (χ2n) is 2.91. The van der Waals surface area contributed by atoms with E-state index in [0.29, 0.717) is 0 Å². The van der Waals surface area contributed by atoms with Gasteiger partial charge in [-0.15, -0.1) is 11.3 Å². The minimum atomic E-state index is 0.750. The number of rotatable bonds is 1. The summed E-state index contributed by atoms with van der Waals surface area (Å²) in [6, 6.07) is 4.41. The van der Waals surface area contributed by atoms with Crippen molar-refractivity contribution in [3.05, 3.63) is 22.4 Å². The average molecular weight is 199 g/mol. The molecular formula is C9H13NS2. The second kappa shape index (κ2) is 4.30. The standard InChI is InChI=1S/C9H13NS2/c1-2-8(11-6-1)9-3-4-10-5-7-12-9/h1-2,6,9-10H,3-5,7H2/t9-/m0/s1. The molecule has 2 heterocycles. The van der Waals surface area contributed by atoms with Gasteiger partial charge in [0.2, 0.25) is 0 Å². The Bertz CT molecular complexity index is 212. The molecular weight excluding hydrogens is 186 g/mol. The summed E-state index contributed by atoms with van der Waals surface area (Å²) in [7, 11) is 0. The molecule has 1 aliphatic rings. The van der Waals surface area contributed by atoms with E-state index < -0.39 is 0 Å². The lowest BCUT2D eigenvalue weighted by atomic mass is 10.2. The summed E-state index contributed by atoms with van der Waals surface area (Å²) in [5.41, 5.74) is 0. The fraction of sp³-hybridized carbons (Fsp3) is 0.556. The van der Waals surface area contributed by atoms with Gasteiger partial charge >= 0.3 is 0 Å². The maximum Gasteiger partial charge on any atom is 0.0403 e. The smallest absolute Gasteiger partial charge is 0.0403 e. The highest BCUT2D eigenvalue weighted by Crippen LogP contribution is 2.35. The van der Waals surface area contributed by atoms with Crippen molar-refractivity contribution in [3.8, 4) is 0 Å². The lowest BCUT2D eigenvalue weighted by Gasteiger charge is -2.09. The van der Waals surface area contributed by atoms with E-state index in [4.69, 9.17) is 0 Å². The second-order valence-corrected chi connectivity index (χ2v) is 5.20. The van der Waals surface area contributed by atoms with Gasteiger partial charge < -0.3 is 5.32 Å². The van der Waals surface area contributed by atoms with Gasteiger partial charge in [-0.3, -0.25) is 0 Å². The number of thiophene rings is 1. The first-order valence-electron chi connectivity index (χ1n) is 4.32. The van der Waals surface area contributed by atoms with Crippen LogP contribution < -0.4 is 5.32 Å². The van der Waals surface area contributed by atoms with E-state index in [-0.39, 0.29) is 0 Å². The molecule has 0 unspecified atom stereocenters. The molecule has 1 fully saturated rings. The third-order valence-electron chi connectivity index (χ3n) is 2.04. The highest BCUT2D eigenvalue weighted by molar-refractivity contribution is 7.99. The number of thioether (sulfide) groups is 1. The van der Waals surface area contributed by atoms with Gasteiger partial charge in [0.1, 0.15) is 0 Å². The molecule has 1 atom stereocenters. The summed E-state index contributed by atoms with van der Waals surface area (Å²) in [4.78, 5) is 1.55. The minimum Gasteiger partial charge on any atom is -0.316 e. The molecule has 0 radical (unpaired) electrons. The predicted octanol–water partition coefficient (Wildman–Crippen LogP) is 2.52. The molecule has 1 saturated heterocycles. The lowest BCUT2D eigenvalue weighted by Crippen LogP contribution is -2.15. The molecule has 0 bridgehead atoms. The molecule has 0 spiro atoms. The van der Waals surface area contributed by atoms with Crippen LogP contribution >= 0.6 is 23.1 Å². The zero-order valence-corrected chi connectivity index (χ0v) is 8.59. The van der Waals surface area contributed by atoms with Gasteiger partial charge in [-0.05, 0) is 24.4 Å². The maximum atomic E-state index is 3.42. The average Bonchev–Trinajstić information content (AvgIpc) is 2.48. The Morgan fingerprint density at radius 3 is 3.25 bits per heavy atom. The molecule has 0 aromatic carbocycles. The SMILES string of the molecule is c1csc([C@@H]2CCNCCS2)c1. The first-order chi connectivity index (χ1) is 5.97. The molecule has 12 heavy (non-hydrogen) atoms. The molecule has 1 aliphatic heterocycles. The Hall–Kier alpha value is 0.01000. The fourth-order valence-corrected chi connectivity index (χ4v) is 3.60. The summed E-state index contributed by atoms with van der Waals surface area (Å²) in [6.07, 6.45) is 1.28. The van der Waals surface area contributed by atoms with Gasteiger partial charge in [0, 0.05) is 22.4 Å². The van der Waals surface area contributed by atoms with E-state index in [1.807, 2.05) is 11.3 Å². The predicted molar refractivity (Wildman–Crippen MR) is 57.0 cm³/mol. The molecule has 0 amide bonds.